The number of piperidine rings is 1. The molecule has 4 nitrogen and oxygen atoms in total. The Hall–Kier alpha value is -1.55. The van der Waals surface area contributed by atoms with Gasteiger partial charge >= 0.3 is 0 Å². The van der Waals surface area contributed by atoms with E-state index in [4.69, 9.17) is 0 Å². The van der Waals surface area contributed by atoms with Gasteiger partial charge in [-0.25, -0.2) is 0 Å². The monoisotopic (exact) mass is 232 g/mol. The lowest BCUT2D eigenvalue weighted by Gasteiger charge is -2.10. The molecule has 0 radical (unpaired) electrons. The third-order valence-electron chi connectivity index (χ3n) is 3.87. The summed E-state index contributed by atoms with van der Waals surface area (Å²) in [5.41, 5.74) is 1.11. The van der Waals surface area contributed by atoms with Crippen LogP contribution in [0.5, 0.6) is 5.75 Å². The number of benzene rings is 1. The van der Waals surface area contributed by atoms with E-state index in [-0.39, 0.29) is 11.7 Å². The van der Waals surface area contributed by atoms with Crippen molar-refractivity contribution < 1.29 is 9.90 Å². The highest BCUT2D eigenvalue weighted by molar-refractivity contribution is 5.97. The summed E-state index contributed by atoms with van der Waals surface area (Å²) < 4.78 is 0. The van der Waals surface area contributed by atoms with Crippen molar-refractivity contribution in [3.05, 3.63) is 29.3 Å². The number of para-hydroxylation sites is 1. The van der Waals surface area contributed by atoms with Crippen LogP contribution >= 0.6 is 0 Å². The molecule has 0 bridgehead atoms. The van der Waals surface area contributed by atoms with Gasteiger partial charge in [0.25, 0.3) is 5.91 Å². The molecule has 2 aliphatic rings. The molecule has 4 heteroatoms. The number of nitrogens with one attached hydrogen (secondary N) is 2. The van der Waals surface area contributed by atoms with Crippen molar-refractivity contribution in [3.63, 3.8) is 0 Å². The zero-order valence-electron chi connectivity index (χ0n) is 9.73. The molecule has 17 heavy (non-hydrogen) atoms. The van der Waals surface area contributed by atoms with Crippen molar-refractivity contribution in [1.29, 1.82) is 0 Å². The number of phenols is 1. The van der Waals surface area contributed by atoms with Gasteiger partial charge in [0.2, 0.25) is 0 Å². The van der Waals surface area contributed by atoms with Crippen LogP contribution in [0.15, 0.2) is 18.2 Å². The Morgan fingerprint density at radius 1 is 1.41 bits per heavy atom. The van der Waals surface area contributed by atoms with E-state index in [9.17, 15) is 9.90 Å². The molecule has 2 fully saturated rings. The van der Waals surface area contributed by atoms with Crippen LogP contribution in [-0.2, 0) is 0 Å². The molecule has 1 aromatic carbocycles. The fourth-order valence-electron chi connectivity index (χ4n) is 2.70. The molecule has 1 saturated heterocycles. The lowest BCUT2D eigenvalue weighted by Crippen LogP contribution is -2.32. The first kappa shape index (κ1) is 10.6. The number of carbonyl (C=O) groups excluding carboxylic acids is 1. The van der Waals surface area contributed by atoms with Gasteiger partial charge in [0.1, 0.15) is 5.75 Å². The summed E-state index contributed by atoms with van der Waals surface area (Å²) in [4.78, 5) is 12.0. The highest BCUT2D eigenvalue weighted by Gasteiger charge is 2.53. The number of hydrogen-bond acceptors (Lipinski definition) is 3. The van der Waals surface area contributed by atoms with E-state index in [1.165, 1.54) is 0 Å². The molecule has 1 aliphatic carbocycles. The molecular formula is C13H16N2O2. The van der Waals surface area contributed by atoms with Crippen molar-refractivity contribution in [2.45, 2.75) is 13.0 Å². The molecule has 1 aromatic rings. The Labute approximate surface area is 100 Å². The Kier molecular flexibility index (Phi) is 2.33. The van der Waals surface area contributed by atoms with Gasteiger partial charge in [-0.2, -0.15) is 0 Å². The van der Waals surface area contributed by atoms with Gasteiger partial charge in [-0.05, 0) is 30.4 Å². The number of phenolic OH excluding ortho intramolecular Hbond substituents is 1. The maximum Gasteiger partial charge on any atom is 0.255 e. The van der Waals surface area contributed by atoms with Gasteiger partial charge in [0, 0.05) is 19.1 Å². The zero-order chi connectivity index (χ0) is 12.0. The van der Waals surface area contributed by atoms with Crippen molar-refractivity contribution in [2.75, 3.05) is 13.1 Å². The third-order valence-corrected chi connectivity index (χ3v) is 3.87. The Balaban J connectivity index is 1.72. The Morgan fingerprint density at radius 3 is 2.82 bits per heavy atom. The summed E-state index contributed by atoms with van der Waals surface area (Å²) in [6.45, 7) is 3.78. The van der Waals surface area contributed by atoms with Crippen LogP contribution < -0.4 is 10.6 Å². The summed E-state index contributed by atoms with van der Waals surface area (Å²) in [5.74, 6) is 1.11. The van der Waals surface area contributed by atoms with E-state index in [0.29, 0.717) is 23.4 Å². The van der Waals surface area contributed by atoms with Crippen LogP contribution in [0.4, 0.5) is 0 Å². The number of hydrogen-bond donors (Lipinski definition) is 3. The number of carbonyl (C=O) groups is 1. The van der Waals surface area contributed by atoms with Crippen molar-refractivity contribution in [1.82, 2.24) is 10.6 Å². The number of aromatic hydroxyl groups is 1. The molecular weight excluding hydrogens is 216 g/mol. The number of rotatable bonds is 2. The van der Waals surface area contributed by atoms with Gasteiger partial charge in [0.15, 0.2) is 0 Å². The molecule has 1 saturated carbocycles. The van der Waals surface area contributed by atoms with Crippen LogP contribution in [0.3, 0.4) is 0 Å². The summed E-state index contributed by atoms with van der Waals surface area (Å²) in [6.07, 6.45) is 0. The van der Waals surface area contributed by atoms with Crippen molar-refractivity contribution in [3.8, 4) is 5.75 Å². The summed E-state index contributed by atoms with van der Waals surface area (Å²) in [7, 11) is 0. The van der Waals surface area contributed by atoms with Crippen LogP contribution in [0, 0.1) is 18.8 Å². The second-order valence-electron chi connectivity index (χ2n) is 4.96. The fraction of sp³-hybridized carbons (Fsp3) is 0.462. The average molecular weight is 232 g/mol. The summed E-state index contributed by atoms with van der Waals surface area (Å²) in [5, 5.41) is 16.1. The van der Waals surface area contributed by atoms with Crippen LogP contribution in [0.2, 0.25) is 0 Å². The molecule has 90 valence electrons. The molecule has 1 heterocycles. The summed E-state index contributed by atoms with van der Waals surface area (Å²) >= 11 is 0. The van der Waals surface area contributed by atoms with Gasteiger partial charge in [0.05, 0.1) is 5.56 Å². The number of aryl methyl sites for hydroxylation is 1. The minimum Gasteiger partial charge on any atom is -0.507 e. The first-order chi connectivity index (χ1) is 8.18. The quantitative estimate of drug-likeness (QED) is 0.701. The Morgan fingerprint density at radius 2 is 2.12 bits per heavy atom. The molecule has 2 unspecified atom stereocenters. The van der Waals surface area contributed by atoms with E-state index in [1.54, 1.807) is 25.1 Å². The van der Waals surface area contributed by atoms with Crippen molar-refractivity contribution in [2.24, 2.45) is 11.8 Å². The lowest BCUT2D eigenvalue weighted by molar-refractivity contribution is 0.0944. The van der Waals surface area contributed by atoms with Gasteiger partial charge in [-0.15, -0.1) is 0 Å². The van der Waals surface area contributed by atoms with E-state index >= 15 is 0 Å². The first-order valence-electron chi connectivity index (χ1n) is 5.98. The van der Waals surface area contributed by atoms with Crippen LogP contribution in [-0.4, -0.2) is 30.1 Å². The van der Waals surface area contributed by atoms with E-state index in [0.717, 1.165) is 18.7 Å². The fourth-order valence-corrected chi connectivity index (χ4v) is 2.70. The normalized spacial score (nSPS) is 29.8. The van der Waals surface area contributed by atoms with Gasteiger partial charge in [-0.3, -0.25) is 4.79 Å². The molecule has 3 N–H and O–H groups in total. The highest BCUT2D eigenvalue weighted by atomic mass is 16.3. The lowest BCUT2D eigenvalue weighted by atomic mass is 10.1. The standard InChI is InChI=1S/C13H16N2O2/c1-7-3-2-4-8(12(7)16)13(17)15-11-9-5-14-6-10(9)11/h2-4,9-11,14,16H,5-6H2,1H3,(H,15,17). The number of fused-ring (bicyclic) bond motifs is 1. The molecule has 1 amide bonds. The summed E-state index contributed by atoms with van der Waals surface area (Å²) in [6, 6.07) is 5.54. The molecule has 0 aromatic heterocycles. The minimum atomic E-state index is -0.161. The third kappa shape index (κ3) is 1.69. The molecule has 0 spiro atoms. The van der Waals surface area contributed by atoms with Gasteiger partial charge < -0.3 is 15.7 Å². The topological polar surface area (TPSA) is 61.4 Å². The SMILES string of the molecule is Cc1cccc(C(=O)NC2C3CNCC32)c1O. The van der Waals surface area contributed by atoms with E-state index in [1.807, 2.05) is 0 Å². The maximum atomic E-state index is 12.0. The zero-order valence-corrected chi connectivity index (χ0v) is 9.73. The van der Waals surface area contributed by atoms with Crippen LogP contribution in [0.1, 0.15) is 15.9 Å². The second kappa shape index (κ2) is 3.74. The number of amides is 1. The van der Waals surface area contributed by atoms with Crippen molar-refractivity contribution >= 4 is 5.91 Å². The second-order valence-corrected chi connectivity index (χ2v) is 4.96. The maximum absolute atomic E-state index is 12.0. The smallest absolute Gasteiger partial charge is 0.255 e. The minimum absolute atomic E-state index is 0.0916. The molecule has 1 aliphatic heterocycles. The predicted molar refractivity (Wildman–Crippen MR) is 63.9 cm³/mol. The average Bonchev–Trinajstić information content (AvgIpc) is 2.76. The Bertz CT molecular complexity index is 462. The van der Waals surface area contributed by atoms with E-state index < -0.39 is 0 Å². The predicted octanol–water partition coefficient (Wildman–Crippen LogP) is 0.648. The first-order valence-corrected chi connectivity index (χ1v) is 5.98. The molecule has 2 atom stereocenters. The highest BCUT2D eigenvalue weighted by Crippen LogP contribution is 2.41. The van der Waals surface area contributed by atoms with Crippen LogP contribution in [0.25, 0.3) is 0 Å². The largest absolute Gasteiger partial charge is 0.507 e. The van der Waals surface area contributed by atoms with E-state index in [2.05, 4.69) is 10.6 Å². The van der Waals surface area contributed by atoms with Gasteiger partial charge in [-0.1, -0.05) is 12.1 Å². The molecule has 3 rings (SSSR count).